The zero-order valence-electron chi connectivity index (χ0n) is 8.42. The topological polar surface area (TPSA) is 20.3 Å². The number of hydrogen-bond donors (Lipinski definition) is 0. The van der Waals surface area contributed by atoms with E-state index in [1.807, 2.05) is 18.7 Å². The zero-order valence-corrected chi connectivity index (χ0v) is 8.42. The molecule has 1 aliphatic carbocycles. The van der Waals surface area contributed by atoms with Gasteiger partial charge in [-0.25, -0.2) is 0 Å². The second-order valence-corrected chi connectivity index (χ2v) is 4.56. The third-order valence-electron chi connectivity index (χ3n) is 2.92. The first-order valence-corrected chi connectivity index (χ1v) is 5.10. The summed E-state index contributed by atoms with van der Waals surface area (Å²) in [5, 5.41) is 0. The van der Waals surface area contributed by atoms with Gasteiger partial charge in [0.2, 0.25) is 5.91 Å². The van der Waals surface area contributed by atoms with Gasteiger partial charge in [-0.15, -0.1) is 0 Å². The molecule has 2 heteroatoms. The van der Waals surface area contributed by atoms with Gasteiger partial charge in [0, 0.05) is 19.2 Å². The minimum absolute atomic E-state index is 0.205. The summed E-state index contributed by atoms with van der Waals surface area (Å²) >= 11 is 0. The summed E-state index contributed by atoms with van der Waals surface area (Å²) in [6.45, 7) is 5.95. The first kappa shape index (κ1) is 8.79. The van der Waals surface area contributed by atoms with Gasteiger partial charge in [-0.1, -0.05) is 5.57 Å². The molecule has 0 atom stereocenters. The molecule has 2 aliphatic rings. The van der Waals surface area contributed by atoms with E-state index in [2.05, 4.69) is 0 Å². The molecule has 0 aromatic rings. The van der Waals surface area contributed by atoms with Gasteiger partial charge in [-0.3, -0.25) is 4.79 Å². The molecule has 2 rings (SSSR count). The van der Waals surface area contributed by atoms with Crippen LogP contribution in [0.15, 0.2) is 11.6 Å². The SMILES string of the molecule is CC(C)=CC(=O)N1CC(C2CC2)C1. The number of nitrogens with zero attached hydrogens (tertiary/aromatic N) is 1. The van der Waals surface area contributed by atoms with Gasteiger partial charge in [0.15, 0.2) is 0 Å². The van der Waals surface area contributed by atoms with Crippen molar-refractivity contribution in [2.75, 3.05) is 13.1 Å². The smallest absolute Gasteiger partial charge is 0.246 e. The van der Waals surface area contributed by atoms with E-state index in [0.29, 0.717) is 0 Å². The molecular formula is C11H17NO. The highest BCUT2D eigenvalue weighted by Gasteiger charge is 2.40. The fraction of sp³-hybridized carbons (Fsp3) is 0.727. The lowest BCUT2D eigenvalue weighted by Gasteiger charge is -2.39. The molecule has 2 fully saturated rings. The number of likely N-dealkylation sites (tertiary alicyclic amines) is 1. The minimum atomic E-state index is 0.205. The third-order valence-corrected chi connectivity index (χ3v) is 2.92. The second kappa shape index (κ2) is 3.17. The summed E-state index contributed by atoms with van der Waals surface area (Å²) in [6.07, 6.45) is 4.54. The average Bonchev–Trinajstić information content (AvgIpc) is 2.64. The van der Waals surface area contributed by atoms with Crippen molar-refractivity contribution in [2.24, 2.45) is 11.8 Å². The van der Waals surface area contributed by atoms with Crippen LogP contribution in [0, 0.1) is 11.8 Å². The molecule has 0 aromatic carbocycles. The molecule has 13 heavy (non-hydrogen) atoms. The van der Waals surface area contributed by atoms with Crippen LogP contribution in [0.1, 0.15) is 26.7 Å². The number of carbonyl (C=O) groups is 1. The molecule has 0 spiro atoms. The summed E-state index contributed by atoms with van der Waals surface area (Å²) in [4.78, 5) is 13.4. The van der Waals surface area contributed by atoms with E-state index in [9.17, 15) is 4.79 Å². The molecule has 0 bridgehead atoms. The van der Waals surface area contributed by atoms with E-state index in [-0.39, 0.29) is 5.91 Å². The maximum Gasteiger partial charge on any atom is 0.246 e. The highest BCUT2D eigenvalue weighted by molar-refractivity contribution is 5.88. The van der Waals surface area contributed by atoms with Crippen molar-refractivity contribution in [3.63, 3.8) is 0 Å². The van der Waals surface area contributed by atoms with Gasteiger partial charge < -0.3 is 4.90 Å². The van der Waals surface area contributed by atoms with Crippen LogP contribution >= 0.6 is 0 Å². The van der Waals surface area contributed by atoms with Crippen LogP contribution in [-0.4, -0.2) is 23.9 Å². The second-order valence-electron chi connectivity index (χ2n) is 4.56. The summed E-state index contributed by atoms with van der Waals surface area (Å²) in [7, 11) is 0. The fourth-order valence-corrected chi connectivity index (χ4v) is 1.90. The van der Waals surface area contributed by atoms with Crippen LogP contribution in [0.25, 0.3) is 0 Å². The van der Waals surface area contributed by atoms with Crippen LogP contribution in [0.5, 0.6) is 0 Å². The van der Waals surface area contributed by atoms with Crippen molar-refractivity contribution in [1.29, 1.82) is 0 Å². The summed E-state index contributed by atoms with van der Waals surface area (Å²) < 4.78 is 0. The largest absolute Gasteiger partial charge is 0.338 e. The van der Waals surface area contributed by atoms with Crippen LogP contribution in [-0.2, 0) is 4.79 Å². The Morgan fingerprint density at radius 1 is 1.23 bits per heavy atom. The Hall–Kier alpha value is -0.790. The number of amides is 1. The molecule has 0 unspecified atom stereocenters. The van der Waals surface area contributed by atoms with Gasteiger partial charge in [-0.2, -0.15) is 0 Å². The molecule has 1 amide bonds. The summed E-state index contributed by atoms with van der Waals surface area (Å²) in [6, 6.07) is 0. The maximum absolute atomic E-state index is 11.5. The average molecular weight is 179 g/mol. The first-order chi connectivity index (χ1) is 6.16. The number of rotatable bonds is 2. The van der Waals surface area contributed by atoms with Crippen LogP contribution < -0.4 is 0 Å². The van der Waals surface area contributed by atoms with Crippen LogP contribution in [0.4, 0.5) is 0 Å². The first-order valence-electron chi connectivity index (χ1n) is 5.10. The van der Waals surface area contributed by atoms with Gasteiger partial charge in [0.05, 0.1) is 0 Å². The quantitative estimate of drug-likeness (QED) is 0.592. The Morgan fingerprint density at radius 3 is 2.31 bits per heavy atom. The number of hydrogen-bond acceptors (Lipinski definition) is 1. The molecule has 1 heterocycles. The minimum Gasteiger partial charge on any atom is -0.338 e. The molecule has 1 saturated carbocycles. The van der Waals surface area contributed by atoms with Crippen molar-refractivity contribution in [3.8, 4) is 0 Å². The lowest BCUT2D eigenvalue weighted by Crippen LogP contribution is -2.50. The van der Waals surface area contributed by atoms with E-state index in [0.717, 1.165) is 30.5 Å². The normalized spacial score (nSPS) is 22.5. The third kappa shape index (κ3) is 1.93. The van der Waals surface area contributed by atoms with E-state index in [1.54, 1.807) is 6.08 Å². The fourth-order valence-electron chi connectivity index (χ4n) is 1.90. The van der Waals surface area contributed by atoms with E-state index in [1.165, 1.54) is 12.8 Å². The Bertz CT molecular complexity index is 243. The Morgan fingerprint density at radius 2 is 1.85 bits per heavy atom. The zero-order chi connectivity index (χ0) is 9.42. The molecule has 1 aliphatic heterocycles. The lowest BCUT2D eigenvalue weighted by atomic mass is 9.94. The van der Waals surface area contributed by atoms with E-state index < -0.39 is 0 Å². The van der Waals surface area contributed by atoms with Crippen LogP contribution in [0.2, 0.25) is 0 Å². The Labute approximate surface area is 79.6 Å². The van der Waals surface area contributed by atoms with E-state index in [4.69, 9.17) is 0 Å². The van der Waals surface area contributed by atoms with Crippen molar-refractivity contribution in [2.45, 2.75) is 26.7 Å². The van der Waals surface area contributed by atoms with Crippen LogP contribution in [0.3, 0.4) is 0 Å². The van der Waals surface area contributed by atoms with Crippen molar-refractivity contribution >= 4 is 5.91 Å². The molecule has 0 radical (unpaired) electrons. The predicted molar refractivity (Wildman–Crippen MR) is 52.2 cm³/mol. The highest BCUT2D eigenvalue weighted by atomic mass is 16.2. The predicted octanol–water partition coefficient (Wildman–Crippen LogP) is 1.82. The van der Waals surface area contributed by atoms with Gasteiger partial charge >= 0.3 is 0 Å². The molecular weight excluding hydrogens is 162 g/mol. The summed E-state index contributed by atoms with van der Waals surface area (Å²) in [5.74, 6) is 1.99. The lowest BCUT2D eigenvalue weighted by molar-refractivity contribution is -0.132. The van der Waals surface area contributed by atoms with E-state index >= 15 is 0 Å². The van der Waals surface area contributed by atoms with Crippen molar-refractivity contribution in [3.05, 3.63) is 11.6 Å². The van der Waals surface area contributed by atoms with Gasteiger partial charge in [0.1, 0.15) is 0 Å². The molecule has 1 saturated heterocycles. The molecule has 72 valence electrons. The van der Waals surface area contributed by atoms with Gasteiger partial charge in [0.25, 0.3) is 0 Å². The standard InChI is InChI=1S/C11H17NO/c1-8(2)5-11(13)12-6-10(7-12)9-3-4-9/h5,9-10H,3-4,6-7H2,1-2H3. The molecule has 0 N–H and O–H groups in total. The molecule has 2 nitrogen and oxygen atoms in total. The Kier molecular flexibility index (Phi) is 2.14. The van der Waals surface area contributed by atoms with Gasteiger partial charge in [-0.05, 0) is 38.5 Å². The number of carbonyl (C=O) groups excluding carboxylic acids is 1. The van der Waals surface area contributed by atoms with Crippen molar-refractivity contribution < 1.29 is 4.79 Å². The highest BCUT2D eigenvalue weighted by Crippen LogP contribution is 2.41. The number of allylic oxidation sites excluding steroid dienone is 1. The maximum atomic E-state index is 11.5. The molecule has 0 aromatic heterocycles. The Balaban J connectivity index is 1.78. The monoisotopic (exact) mass is 179 g/mol. The summed E-state index contributed by atoms with van der Waals surface area (Å²) in [5.41, 5.74) is 1.10. The van der Waals surface area contributed by atoms with Crippen molar-refractivity contribution in [1.82, 2.24) is 4.90 Å².